The van der Waals surface area contributed by atoms with Crippen LogP contribution in [-0.4, -0.2) is 43.9 Å². The van der Waals surface area contributed by atoms with E-state index in [1.807, 2.05) is 32.0 Å². The molecular formula is C22H27N3O6S. The maximum absolute atomic E-state index is 12.9. The summed E-state index contributed by atoms with van der Waals surface area (Å²) in [7, 11) is -3.75. The molecule has 0 aliphatic carbocycles. The summed E-state index contributed by atoms with van der Waals surface area (Å²) in [6.07, 6.45) is 1.60. The van der Waals surface area contributed by atoms with Crippen molar-refractivity contribution in [3.63, 3.8) is 0 Å². The summed E-state index contributed by atoms with van der Waals surface area (Å²) in [5.74, 6) is 1.40. The standard InChI is InChI=1S/C22H27N3O6S/c1-15(2)22(16-5-8-20-21(13-16)31-12-11-30-20)23-18-7-6-17(14-19(18)25(26)27)32(28,29)24-9-3-4-10-24/h5-8,13-15,22-23H,3-4,9-12H2,1-2H3/t22-/m0/s1. The highest BCUT2D eigenvalue weighted by molar-refractivity contribution is 7.89. The summed E-state index contributed by atoms with van der Waals surface area (Å²) >= 11 is 0. The van der Waals surface area contributed by atoms with Gasteiger partial charge in [-0.1, -0.05) is 19.9 Å². The molecule has 2 aromatic carbocycles. The summed E-state index contributed by atoms with van der Waals surface area (Å²) in [6, 6.07) is 9.43. The first-order valence-corrected chi connectivity index (χ1v) is 12.2. The van der Waals surface area contributed by atoms with E-state index in [1.165, 1.54) is 16.4 Å². The molecule has 1 fully saturated rings. The molecular weight excluding hydrogens is 434 g/mol. The largest absolute Gasteiger partial charge is 0.486 e. The molecule has 0 unspecified atom stereocenters. The van der Waals surface area contributed by atoms with Crippen molar-refractivity contribution in [2.24, 2.45) is 5.92 Å². The van der Waals surface area contributed by atoms with Crippen molar-refractivity contribution in [2.75, 3.05) is 31.6 Å². The summed E-state index contributed by atoms with van der Waals surface area (Å²) in [4.78, 5) is 11.2. The van der Waals surface area contributed by atoms with E-state index in [-0.39, 0.29) is 28.2 Å². The topological polar surface area (TPSA) is 111 Å². The Kier molecular flexibility index (Phi) is 6.25. The molecule has 9 nitrogen and oxygen atoms in total. The fourth-order valence-corrected chi connectivity index (χ4v) is 5.62. The van der Waals surface area contributed by atoms with E-state index in [1.54, 1.807) is 0 Å². The minimum absolute atomic E-state index is 0.0583. The number of nitrogens with one attached hydrogen (secondary N) is 1. The fraction of sp³-hybridized carbons (Fsp3) is 0.455. The predicted molar refractivity (Wildman–Crippen MR) is 120 cm³/mol. The van der Waals surface area contributed by atoms with Crippen LogP contribution in [0.2, 0.25) is 0 Å². The second-order valence-corrected chi connectivity index (χ2v) is 10.3. The molecule has 0 radical (unpaired) electrons. The van der Waals surface area contributed by atoms with E-state index in [0.717, 1.165) is 24.5 Å². The van der Waals surface area contributed by atoms with Crippen LogP contribution in [0.5, 0.6) is 11.5 Å². The average molecular weight is 462 g/mol. The number of nitro benzene ring substituents is 1. The maximum atomic E-state index is 12.9. The normalized spacial score (nSPS) is 17.3. The molecule has 2 aliphatic rings. The Labute approximate surface area is 187 Å². The SMILES string of the molecule is CC(C)[C@H](Nc1ccc(S(=O)(=O)N2CCCC2)cc1[N+](=O)[O-])c1ccc2c(c1)OCCO2. The lowest BCUT2D eigenvalue weighted by molar-refractivity contribution is -0.384. The molecule has 0 saturated carbocycles. The van der Waals surface area contributed by atoms with E-state index in [9.17, 15) is 18.5 Å². The van der Waals surface area contributed by atoms with Crippen molar-refractivity contribution >= 4 is 21.4 Å². The van der Waals surface area contributed by atoms with Crippen LogP contribution in [0.15, 0.2) is 41.3 Å². The van der Waals surface area contributed by atoms with Gasteiger partial charge in [-0.05, 0) is 48.6 Å². The van der Waals surface area contributed by atoms with Gasteiger partial charge in [-0.25, -0.2) is 8.42 Å². The van der Waals surface area contributed by atoms with E-state index in [0.29, 0.717) is 37.8 Å². The molecule has 0 aromatic heterocycles. The van der Waals surface area contributed by atoms with Crippen LogP contribution in [0.1, 0.15) is 38.3 Å². The Bertz CT molecular complexity index is 1110. The zero-order chi connectivity index (χ0) is 22.9. The number of nitro groups is 1. The third-order valence-electron chi connectivity index (χ3n) is 5.77. The monoisotopic (exact) mass is 461 g/mol. The van der Waals surface area contributed by atoms with Gasteiger partial charge in [-0.3, -0.25) is 10.1 Å². The van der Waals surface area contributed by atoms with Crippen molar-refractivity contribution in [3.8, 4) is 11.5 Å². The van der Waals surface area contributed by atoms with Crippen LogP contribution in [0.4, 0.5) is 11.4 Å². The number of hydrogen-bond acceptors (Lipinski definition) is 7. The molecule has 2 aliphatic heterocycles. The molecule has 2 heterocycles. The van der Waals surface area contributed by atoms with Crippen molar-refractivity contribution in [1.29, 1.82) is 0 Å². The third-order valence-corrected chi connectivity index (χ3v) is 7.67. The number of rotatable bonds is 7. The summed E-state index contributed by atoms with van der Waals surface area (Å²) in [6.45, 7) is 5.86. The van der Waals surface area contributed by atoms with E-state index < -0.39 is 14.9 Å². The molecule has 0 spiro atoms. The molecule has 0 bridgehead atoms. The average Bonchev–Trinajstić information content (AvgIpc) is 3.32. The quantitative estimate of drug-likeness (QED) is 0.491. The number of hydrogen-bond donors (Lipinski definition) is 1. The highest BCUT2D eigenvalue weighted by Crippen LogP contribution is 2.38. The van der Waals surface area contributed by atoms with Crippen molar-refractivity contribution in [2.45, 2.75) is 37.6 Å². The Morgan fingerprint density at radius 2 is 1.72 bits per heavy atom. The number of nitrogens with zero attached hydrogens (tertiary/aromatic N) is 2. The summed E-state index contributed by atoms with van der Waals surface area (Å²) < 4.78 is 38.4. The Morgan fingerprint density at radius 1 is 1.03 bits per heavy atom. The smallest absolute Gasteiger partial charge is 0.293 e. The fourth-order valence-electron chi connectivity index (χ4n) is 4.08. The first-order chi connectivity index (χ1) is 15.3. The molecule has 4 rings (SSSR count). The zero-order valence-electron chi connectivity index (χ0n) is 18.1. The first-order valence-electron chi connectivity index (χ1n) is 10.7. The van der Waals surface area contributed by atoms with Gasteiger partial charge in [0.1, 0.15) is 18.9 Å². The summed E-state index contributed by atoms with van der Waals surface area (Å²) in [5.41, 5.74) is 0.893. The number of benzene rings is 2. The predicted octanol–water partition coefficient (Wildman–Crippen LogP) is 3.96. The Hall–Kier alpha value is -2.85. The number of fused-ring (bicyclic) bond motifs is 1. The van der Waals surface area contributed by atoms with E-state index in [4.69, 9.17) is 9.47 Å². The number of anilines is 1. The molecule has 10 heteroatoms. The van der Waals surface area contributed by atoms with Gasteiger partial charge in [0.2, 0.25) is 10.0 Å². The molecule has 1 N–H and O–H groups in total. The lowest BCUT2D eigenvalue weighted by atomic mass is 9.95. The van der Waals surface area contributed by atoms with Crippen molar-refractivity contribution < 1.29 is 22.8 Å². The minimum Gasteiger partial charge on any atom is -0.486 e. The molecule has 1 atom stereocenters. The second-order valence-electron chi connectivity index (χ2n) is 8.32. The molecule has 2 aromatic rings. The molecule has 0 amide bonds. The van der Waals surface area contributed by atoms with Gasteiger partial charge in [-0.15, -0.1) is 0 Å². The van der Waals surface area contributed by atoms with Gasteiger partial charge < -0.3 is 14.8 Å². The van der Waals surface area contributed by atoms with Crippen LogP contribution >= 0.6 is 0 Å². The van der Waals surface area contributed by atoms with Gasteiger partial charge >= 0.3 is 0 Å². The van der Waals surface area contributed by atoms with Gasteiger partial charge in [0.25, 0.3) is 5.69 Å². The zero-order valence-corrected chi connectivity index (χ0v) is 18.9. The van der Waals surface area contributed by atoms with E-state index >= 15 is 0 Å². The van der Waals surface area contributed by atoms with Gasteiger partial charge in [-0.2, -0.15) is 4.31 Å². The minimum atomic E-state index is -3.75. The van der Waals surface area contributed by atoms with Crippen LogP contribution in [0, 0.1) is 16.0 Å². The van der Waals surface area contributed by atoms with Gasteiger partial charge in [0.15, 0.2) is 11.5 Å². The Morgan fingerprint density at radius 3 is 2.38 bits per heavy atom. The lowest BCUT2D eigenvalue weighted by Gasteiger charge is -2.26. The van der Waals surface area contributed by atoms with Crippen LogP contribution in [0.3, 0.4) is 0 Å². The third kappa shape index (κ3) is 4.37. The van der Waals surface area contributed by atoms with E-state index in [2.05, 4.69) is 5.32 Å². The molecule has 172 valence electrons. The first kappa shape index (κ1) is 22.3. The van der Waals surface area contributed by atoms with Crippen molar-refractivity contribution in [3.05, 3.63) is 52.1 Å². The van der Waals surface area contributed by atoms with Crippen molar-refractivity contribution in [1.82, 2.24) is 4.31 Å². The molecule has 32 heavy (non-hydrogen) atoms. The number of ether oxygens (including phenoxy) is 2. The van der Waals surface area contributed by atoms with Gasteiger partial charge in [0, 0.05) is 19.2 Å². The molecule has 1 saturated heterocycles. The lowest BCUT2D eigenvalue weighted by Crippen LogP contribution is -2.28. The summed E-state index contributed by atoms with van der Waals surface area (Å²) in [5, 5.41) is 15.1. The van der Waals surface area contributed by atoms with Crippen LogP contribution in [-0.2, 0) is 10.0 Å². The number of sulfonamides is 1. The van der Waals surface area contributed by atoms with Crippen LogP contribution in [0.25, 0.3) is 0 Å². The van der Waals surface area contributed by atoms with Gasteiger partial charge in [0.05, 0.1) is 15.9 Å². The highest BCUT2D eigenvalue weighted by Gasteiger charge is 2.30. The maximum Gasteiger partial charge on any atom is 0.293 e. The second kappa shape index (κ2) is 8.95. The Balaban J connectivity index is 1.66. The highest BCUT2D eigenvalue weighted by atomic mass is 32.2. The van der Waals surface area contributed by atoms with Crippen LogP contribution < -0.4 is 14.8 Å².